The van der Waals surface area contributed by atoms with Crippen LogP contribution in [-0.4, -0.2) is 49.5 Å². The van der Waals surface area contributed by atoms with Crippen LogP contribution in [0, 0.1) is 0 Å². The van der Waals surface area contributed by atoms with Crippen LogP contribution in [0.4, 0.5) is 0 Å². The average Bonchev–Trinajstić information content (AvgIpc) is 2.40. The Morgan fingerprint density at radius 2 is 2.18 bits per heavy atom. The number of aliphatic hydroxyl groups is 1. The maximum atomic E-state index is 9.28. The van der Waals surface area contributed by atoms with Gasteiger partial charge < -0.3 is 14.6 Å². The number of hydrogen-bond acceptors (Lipinski definition) is 4. The molecule has 4 nitrogen and oxygen atoms in total. The highest BCUT2D eigenvalue weighted by Crippen LogP contribution is 2.15. The molecule has 0 saturated carbocycles. The van der Waals surface area contributed by atoms with Gasteiger partial charge in [-0.25, -0.2) is 0 Å². The SMILES string of the molecule is COc1ccc(CN2CCOC[C@@H]2CO)cc1. The van der Waals surface area contributed by atoms with Crippen molar-refractivity contribution in [1.29, 1.82) is 0 Å². The third kappa shape index (κ3) is 3.19. The third-order valence-corrected chi connectivity index (χ3v) is 3.10. The summed E-state index contributed by atoms with van der Waals surface area (Å²) in [7, 11) is 1.67. The molecule has 0 unspecified atom stereocenters. The maximum Gasteiger partial charge on any atom is 0.118 e. The Kier molecular flexibility index (Phi) is 4.36. The molecule has 1 atom stereocenters. The number of ether oxygens (including phenoxy) is 2. The summed E-state index contributed by atoms with van der Waals surface area (Å²) in [5.41, 5.74) is 1.23. The molecule has 1 N–H and O–H groups in total. The van der Waals surface area contributed by atoms with E-state index in [0.717, 1.165) is 25.4 Å². The molecule has 2 rings (SSSR count). The van der Waals surface area contributed by atoms with E-state index in [9.17, 15) is 5.11 Å². The molecule has 4 heteroatoms. The number of aliphatic hydroxyl groups excluding tert-OH is 1. The maximum absolute atomic E-state index is 9.28. The molecule has 1 aliphatic heterocycles. The number of nitrogens with zero attached hydrogens (tertiary/aromatic N) is 1. The summed E-state index contributed by atoms with van der Waals surface area (Å²) in [5, 5.41) is 9.28. The molecule has 1 fully saturated rings. The van der Waals surface area contributed by atoms with Crippen molar-refractivity contribution in [3.05, 3.63) is 29.8 Å². The van der Waals surface area contributed by atoms with Gasteiger partial charge in [0.2, 0.25) is 0 Å². The third-order valence-electron chi connectivity index (χ3n) is 3.10. The number of rotatable bonds is 4. The van der Waals surface area contributed by atoms with E-state index in [1.54, 1.807) is 7.11 Å². The van der Waals surface area contributed by atoms with Crippen molar-refractivity contribution >= 4 is 0 Å². The molecule has 1 saturated heterocycles. The summed E-state index contributed by atoms with van der Waals surface area (Å²) in [6.07, 6.45) is 0. The van der Waals surface area contributed by atoms with E-state index in [1.165, 1.54) is 5.56 Å². The molecule has 0 bridgehead atoms. The van der Waals surface area contributed by atoms with Gasteiger partial charge >= 0.3 is 0 Å². The first kappa shape index (κ1) is 12.4. The molecular formula is C13H19NO3. The molecule has 1 heterocycles. The van der Waals surface area contributed by atoms with Gasteiger partial charge in [-0.2, -0.15) is 0 Å². The van der Waals surface area contributed by atoms with Gasteiger partial charge in [0.15, 0.2) is 0 Å². The Hall–Kier alpha value is -1.10. The van der Waals surface area contributed by atoms with Crippen LogP contribution in [0.15, 0.2) is 24.3 Å². The van der Waals surface area contributed by atoms with E-state index in [0.29, 0.717) is 6.61 Å². The Morgan fingerprint density at radius 3 is 2.82 bits per heavy atom. The molecule has 0 radical (unpaired) electrons. The summed E-state index contributed by atoms with van der Waals surface area (Å²) in [6, 6.07) is 8.16. The fourth-order valence-corrected chi connectivity index (χ4v) is 2.03. The Balaban J connectivity index is 1.98. The predicted molar refractivity (Wildman–Crippen MR) is 65.1 cm³/mol. The van der Waals surface area contributed by atoms with Crippen LogP contribution < -0.4 is 4.74 Å². The lowest BCUT2D eigenvalue weighted by Gasteiger charge is -2.34. The van der Waals surface area contributed by atoms with Gasteiger partial charge in [0.05, 0.1) is 33.0 Å². The molecule has 1 aromatic carbocycles. The van der Waals surface area contributed by atoms with E-state index in [-0.39, 0.29) is 12.6 Å². The summed E-state index contributed by atoms with van der Waals surface area (Å²) in [6.45, 7) is 3.23. The molecular weight excluding hydrogens is 218 g/mol. The number of morpholine rings is 1. The zero-order chi connectivity index (χ0) is 12.1. The van der Waals surface area contributed by atoms with Crippen LogP contribution in [0.25, 0.3) is 0 Å². The van der Waals surface area contributed by atoms with Crippen molar-refractivity contribution in [2.45, 2.75) is 12.6 Å². The van der Waals surface area contributed by atoms with Gasteiger partial charge in [-0.05, 0) is 17.7 Å². The molecule has 17 heavy (non-hydrogen) atoms. The minimum Gasteiger partial charge on any atom is -0.497 e. The standard InChI is InChI=1S/C13H19NO3/c1-16-13-4-2-11(3-5-13)8-14-6-7-17-10-12(14)9-15/h2-5,12,15H,6-10H2,1H3/t12-/m0/s1. The first-order valence-electron chi connectivity index (χ1n) is 5.89. The average molecular weight is 237 g/mol. The van der Waals surface area contributed by atoms with Gasteiger partial charge in [0, 0.05) is 13.1 Å². The monoisotopic (exact) mass is 237 g/mol. The van der Waals surface area contributed by atoms with E-state index < -0.39 is 0 Å². The van der Waals surface area contributed by atoms with Crippen LogP contribution in [0.5, 0.6) is 5.75 Å². The van der Waals surface area contributed by atoms with Gasteiger partial charge in [0.1, 0.15) is 5.75 Å². The number of benzene rings is 1. The summed E-state index contributed by atoms with van der Waals surface area (Å²) in [4.78, 5) is 2.26. The molecule has 94 valence electrons. The highest BCUT2D eigenvalue weighted by molar-refractivity contribution is 5.27. The van der Waals surface area contributed by atoms with Gasteiger partial charge in [0.25, 0.3) is 0 Å². The lowest BCUT2D eigenvalue weighted by atomic mass is 10.1. The second-order valence-electron chi connectivity index (χ2n) is 4.23. The largest absolute Gasteiger partial charge is 0.497 e. The minimum atomic E-state index is 0.117. The lowest BCUT2D eigenvalue weighted by Crippen LogP contribution is -2.46. The first-order valence-corrected chi connectivity index (χ1v) is 5.89. The summed E-state index contributed by atoms with van der Waals surface area (Å²) >= 11 is 0. The molecule has 1 aliphatic rings. The molecule has 0 amide bonds. The summed E-state index contributed by atoms with van der Waals surface area (Å²) in [5.74, 6) is 0.870. The number of methoxy groups -OCH3 is 1. The Bertz CT molecular complexity index is 339. The van der Waals surface area contributed by atoms with Gasteiger partial charge in [-0.15, -0.1) is 0 Å². The minimum absolute atomic E-state index is 0.117. The highest BCUT2D eigenvalue weighted by atomic mass is 16.5. The first-order chi connectivity index (χ1) is 8.33. The molecule has 1 aromatic rings. The topological polar surface area (TPSA) is 41.9 Å². The van der Waals surface area contributed by atoms with Crippen LogP contribution in [0.1, 0.15) is 5.56 Å². The van der Waals surface area contributed by atoms with E-state index in [4.69, 9.17) is 9.47 Å². The summed E-state index contributed by atoms with van der Waals surface area (Å²) < 4.78 is 10.5. The van der Waals surface area contributed by atoms with Crippen LogP contribution >= 0.6 is 0 Å². The zero-order valence-corrected chi connectivity index (χ0v) is 10.1. The van der Waals surface area contributed by atoms with Crippen molar-refractivity contribution < 1.29 is 14.6 Å². The second kappa shape index (κ2) is 6.00. The predicted octanol–water partition coefficient (Wildman–Crippen LogP) is 0.888. The fourth-order valence-electron chi connectivity index (χ4n) is 2.03. The van der Waals surface area contributed by atoms with E-state index in [1.807, 2.05) is 12.1 Å². The zero-order valence-electron chi connectivity index (χ0n) is 10.1. The van der Waals surface area contributed by atoms with Gasteiger partial charge in [-0.3, -0.25) is 4.90 Å². The van der Waals surface area contributed by atoms with Crippen molar-refractivity contribution in [2.75, 3.05) is 33.5 Å². The van der Waals surface area contributed by atoms with Crippen LogP contribution in [-0.2, 0) is 11.3 Å². The fraction of sp³-hybridized carbons (Fsp3) is 0.538. The Morgan fingerprint density at radius 1 is 1.41 bits per heavy atom. The van der Waals surface area contributed by atoms with E-state index in [2.05, 4.69) is 17.0 Å². The van der Waals surface area contributed by atoms with Crippen LogP contribution in [0.2, 0.25) is 0 Å². The molecule has 0 spiro atoms. The quantitative estimate of drug-likeness (QED) is 0.844. The van der Waals surface area contributed by atoms with E-state index >= 15 is 0 Å². The smallest absolute Gasteiger partial charge is 0.118 e. The normalized spacial score (nSPS) is 21.4. The Labute approximate surface area is 102 Å². The van der Waals surface area contributed by atoms with Crippen molar-refractivity contribution in [3.8, 4) is 5.75 Å². The van der Waals surface area contributed by atoms with Crippen molar-refractivity contribution in [1.82, 2.24) is 4.90 Å². The lowest BCUT2D eigenvalue weighted by molar-refractivity contribution is -0.0312. The van der Waals surface area contributed by atoms with Crippen molar-refractivity contribution in [2.24, 2.45) is 0 Å². The van der Waals surface area contributed by atoms with Crippen LogP contribution in [0.3, 0.4) is 0 Å². The molecule has 0 aromatic heterocycles. The highest BCUT2D eigenvalue weighted by Gasteiger charge is 2.21. The number of hydrogen-bond donors (Lipinski definition) is 1. The molecule has 0 aliphatic carbocycles. The van der Waals surface area contributed by atoms with Gasteiger partial charge in [-0.1, -0.05) is 12.1 Å². The second-order valence-corrected chi connectivity index (χ2v) is 4.23. The van der Waals surface area contributed by atoms with Crippen molar-refractivity contribution in [3.63, 3.8) is 0 Å².